The van der Waals surface area contributed by atoms with E-state index in [-0.39, 0.29) is 0 Å². The Morgan fingerprint density at radius 3 is 2.00 bits per heavy atom. The second-order valence-electron chi connectivity index (χ2n) is 5.90. The molecule has 0 saturated heterocycles. The fourth-order valence-electron chi connectivity index (χ4n) is 2.45. The normalized spacial score (nSPS) is 12.0. The molecule has 0 saturated carbocycles. The van der Waals surface area contributed by atoms with E-state index >= 15 is 0 Å². The van der Waals surface area contributed by atoms with Gasteiger partial charge in [0.15, 0.2) is 0 Å². The number of anilines is 2. The monoisotopic (exact) mass is 282 g/mol. The van der Waals surface area contributed by atoms with E-state index in [9.17, 15) is 0 Å². The average molecular weight is 282 g/mol. The van der Waals surface area contributed by atoms with Gasteiger partial charge in [0.2, 0.25) is 0 Å². The molecule has 1 unspecified atom stereocenters. The Balaban J connectivity index is 1.90. The number of para-hydroxylation sites is 1. The van der Waals surface area contributed by atoms with Crippen molar-refractivity contribution in [1.82, 2.24) is 0 Å². The van der Waals surface area contributed by atoms with Crippen molar-refractivity contribution in [1.29, 1.82) is 0 Å². The number of rotatable bonds is 6. The zero-order valence-corrected chi connectivity index (χ0v) is 13.6. The van der Waals surface area contributed by atoms with Gasteiger partial charge >= 0.3 is 0 Å². The molecule has 0 radical (unpaired) electrons. The van der Waals surface area contributed by atoms with Crippen LogP contribution in [-0.2, 0) is 6.42 Å². The van der Waals surface area contributed by atoms with Crippen molar-refractivity contribution >= 4 is 11.4 Å². The number of nitrogens with zero attached hydrogens (tertiary/aromatic N) is 2. The van der Waals surface area contributed by atoms with E-state index in [4.69, 9.17) is 0 Å². The van der Waals surface area contributed by atoms with Gasteiger partial charge in [-0.25, -0.2) is 0 Å². The lowest BCUT2D eigenvalue weighted by atomic mass is 10.0. The summed E-state index contributed by atoms with van der Waals surface area (Å²) in [7, 11) is 6.33. The van der Waals surface area contributed by atoms with E-state index in [1.807, 2.05) is 0 Å². The van der Waals surface area contributed by atoms with Crippen LogP contribution in [0.25, 0.3) is 0 Å². The minimum absolute atomic E-state index is 0.529. The van der Waals surface area contributed by atoms with Crippen LogP contribution in [0, 0.1) is 0 Å². The Morgan fingerprint density at radius 2 is 1.43 bits per heavy atom. The van der Waals surface area contributed by atoms with Crippen LogP contribution in [-0.4, -0.2) is 27.2 Å². The number of hydrogen-bond donors (Lipinski definition) is 0. The molecule has 1 atom stereocenters. The van der Waals surface area contributed by atoms with E-state index in [1.54, 1.807) is 0 Å². The molecular formula is C19H26N2. The summed E-state index contributed by atoms with van der Waals surface area (Å²) in [4.78, 5) is 4.49. The SMILES string of the molecule is CC(CCc1ccc(N(C)C)cc1)N(C)c1ccccc1. The lowest BCUT2D eigenvalue weighted by molar-refractivity contribution is 0.626. The highest BCUT2D eigenvalue weighted by Crippen LogP contribution is 2.18. The summed E-state index contributed by atoms with van der Waals surface area (Å²) in [5.74, 6) is 0. The zero-order valence-electron chi connectivity index (χ0n) is 13.6. The predicted molar refractivity (Wildman–Crippen MR) is 93.4 cm³/mol. The van der Waals surface area contributed by atoms with Crippen LogP contribution in [0.4, 0.5) is 11.4 Å². The third kappa shape index (κ3) is 4.25. The molecule has 0 aliphatic carbocycles. The molecule has 0 amide bonds. The summed E-state index contributed by atoms with van der Waals surface area (Å²) < 4.78 is 0. The largest absolute Gasteiger partial charge is 0.378 e. The van der Waals surface area contributed by atoms with Gasteiger partial charge in [0.25, 0.3) is 0 Å². The van der Waals surface area contributed by atoms with E-state index in [0.717, 1.165) is 12.8 Å². The maximum Gasteiger partial charge on any atom is 0.0365 e. The maximum atomic E-state index is 2.36. The summed E-state index contributed by atoms with van der Waals surface area (Å²) in [6.07, 6.45) is 2.28. The molecule has 0 aliphatic rings. The molecule has 0 spiro atoms. The third-order valence-electron chi connectivity index (χ3n) is 4.13. The summed E-state index contributed by atoms with van der Waals surface area (Å²) in [5.41, 5.74) is 3.95. The van der Waals surface area contributed by atoms with Crippen molar-refractivity contribution in [3.05, 3.63) is 60.2 Å². The summed E-state index contributed by atoms with van der Waals surface area (Å²) >= 11 is 0. The van der Waals surface area contributed by atoms with Crippen LogP contribution in [0.5, 0.6) is 0 Å². The highest BCUT2D eigenvalue weighted by molar-refractivity contribution is 5.47. The molecule has 21 heavy (non-hydrogen) atoms. The van der Waals surface area contributed by atoms with Gasteiger partial charge in [0.1, 0.15) is 0 Å². The first-order valence-corrected chi connectivity index (χ1v) is 7.62. The molecule has 0 fully saturated rings. The Kier molecular flexibility index (Phi) is 5.26. The molecule has 2 aromatic rings. The Hall–Kier alpha value is -1.96. The minimum Gasteiger partial charge on any atom is -0.378 e. The summed E-state index contributed by atoms with van der Waals surface area (Å²) in [5, 5.41) is 0. The van der Waals surface area contributed by atoms with Gasteiger partial charge in [-0.3, -0.25) is 0 Å². The molecule has 0 aromatic heterocycles. The second kappa shape index (κ2) is 7.16. The van der Waals surface area contributed by atoms with E-state index in [0.29, 0.717) is 6.04 Å². The van der Waals surface area contributed by atoms with Crippen LogP contribution in [0.3, 0.4) is 0 Å². The molecular weight excluding hydrogens is 256 g/mol. The van der Waals surface area contributed by atoms with Crippen LogP contribution in [0.2, 0.25) is 0 Å². The summed E-state index contributed by atoms with van der Waals surface area (Å²) in [6.45, 7) is 2.29. The standard InChI is InChI=1S/C19H26N2/c1-16(21(4)19-8-6-5-7-9-19)10-11-17-12-14-18(15-13-17)20(2)3/h5-9,12-16H,10-11H2,1-4H3. The predicted octanol–water partition coefficient (Wildman–Crippen LogP) is 4.21. The van der Waals surface area contributed by atoms with Crippen LogP contribution >= 0.6 is 0 Å². The van der Waals surface area contributed by atoms with Gasteiger partial charge in [-0.1, -0.05) is 30.3 Å². The van der Waals surface area contributed by atoms with Crippen LogP contribution in [0.1, 0.15) is 18.9 Å². The molecule has 2 rings (SSSR count). The van der Waals surface area contributed by atoms with E-state index in [2.05, 4.69) is 92.5 Å². The van der Waals surface area contributed by atoms with Crippen molar-refractivity contribution in [2.45, 2.75) is 25.8 Å². The molecule has 0 aliphatic heterocycles. The molecule has 2 aromatic carbocycles. The van der Waals surface area contributed by atoms with Crippen molar-refractivity contribution in [3.63, 3.8) is 0 Å². The first-order valence-electron chi connectivity index (χ1n) is 7.62. The first kappa shape index (κ1) is 15.4. The highest BCUT2D eigenvalue weighted by Gasteiger charge is 2.09. The van der Waals surface area contributed by atoms with Crippen molar-refractivity contribution in [2.24, 2.45) is 0 Å². The van der Waals surface area contributed by atoms with Crippen LogP contribution < -0.4 is 9.80 Å². The number of hydrogen-bond acceptors (Lipinski definition) is 2. The first-order chi connectivity index (χ1) is 10.1. The topological polar surface area (TPSA) is 6.48 Å². The molecule has 0 bridgehead atoms. The van der Waals surface area contributed by atoms with Crippen LogP contribution in [0.15, 0.2) is 54.6 Å². The van der Waals surface area contributed by atoms with Gasteiger partial charge in [-0.05, 0) is 49.6 Å². The van der Waals surface area contributed by atoms with Crippen molar-refractivity contribution < 1.29 is 0 Å². The molecule has 2 heteroatoms. The summed E-state index contributed by atoms with van der Waals surface area (Å²) in [6, 6.07) is 20.0. The van der Waals surface area contributed by atoms with Gasteiger partial charge < -0.3 is 9.80 Å². The lowest BCUT2D eigenvalue weighted by Crippen LogP contribution is -2.29. The van der Waals surface area contributed by atoms with E-state index in [1.165, 1.54) is 16.9 Å². The minimum atomic E-state index is 0.529. The fourth-order valence-corrected chi connectivity index (χ4v) is 2.45. The van der Waals surface area contributed by atoms with Crippen molar-refractivity contribution in [2.75, 3.05) is 30.9 Å². The van der Waals surface area contributed by atoms with Gasteiger partial charge in [0.05, 0.1) is 0 Å². The number of aryl methyl sites for hydroxylation is 1. The Bertz CT molecular complexity index is 531. The molecule has 0 N–H and O–H groups in total. The van der Waals surface area contributed by atoms with E-state index < -0.39 is 0 Å². The van der Waals surface area contributed by atoms with Gasteiger partial charge in [-0.15, -0.1) is 0 Å². The molecule has 112 valence electrons. The lowest BCUT2D eigenvalue weighted by Gasteiger charge is -2.27. The Morgan fingerprint density at radius 1 is 0.810 bits per heavy atom. The third-order valence-corrected chi connectivity index (χ3v) is 4.13. The average Bonchev–Trinajstić information content (AvgIpc) is 2.53. The second-order valence-corrected chi connectivity index (χ2v) is 5.90. The maximum absolute atomic E-state index is 2.36. The van der Waals surface area contributed by atoms with Gasteiger partial charge in [-0.2, -0.15) is 0 Å². The smallest absolute Gasteiger partial charge is 0.0365 e. The fraction of sp³-hybridized carbons (Fsp3) is 0.368. The Labute approximate surface area is 129 Å². The van der Waals surface area contributed by atoms with Crippen molar-refractivity contribution in [3.8, 4) is 0 Å². The highest BCUT2D eigenvalue weighted by atomic mass is 15.1. The van der Waals surface area contributed by atoms with Gasteiger partial charge in [0, 0.05) is 38.6 Å². The zero-order chi connectivity index (χ0) is 15.2. The number of benzene rings is 2. The quantitative estimate of drug-likeness (QED) is 0.783. The molecule has 2 nitrogen and oxygen atoms in total. The molecule has 0 heterocycles.